The Labute approximate surface area is 265 Å². The third-order valence-electron chi connectivity index (χ3n) is 9.56. The van der Waals surface area contributed by atoms with Gasteiger partial charge in [0.2, 0.25) is 0 Å². The van der Waals surface area contributed by atoms with E-state index in [1.54, 1.807) is 0 Å². The van der Waals surface area contributed by atoms with E-state index in [2.05, 4.69) is 82.0 Å². The summed E-state index contributed by atoms with van der Waals surface area (Å²) in [6.07, 6.45) is 12.3. The van der Waals surface area contributed by atoms with Gasteiger partial charge in [0.1, 0.15) is 5.82 Å². The number of rotatable bonds is 5. The molecule has 9 heteroatoms. The molecule has 2 atom stereocenters. The quantitative estimate of drug-likeness (QED) is 0.310. The number of hydrogen-bond donors (Lipinski definition) is 3. The molecule has 2 heterocycles. The topological polar surface area (TPSA) is 93.1 Å². The molecule has 5 N–H and O–H groups in total. The van der Waals surface area contributed by atoms with Crippen LogP contribution in [0.25, 0.3) is 5.57 Å². The van der Waals surface area contributed by atoms with Crippen LogP contribution >= 0.6 is 49.6 Å². The molecule has 6 rings (SSSR count). The molecule has 2 bridgehead atoms. The summed E-state index contributed by atoms with van der Waals surface area (Å²) in [7, 11) is 0. The van der Waals surface area contributed by atoms with Gasteiger partial charge in [-0.15, -0.1) is 49.6 Å². The summed E-state index contributed by atoms with van der Waals surface area (Å²) in [5.41, 5.74) is 20.0. The predicted octanol–water partition coefficient (Wildman–Crippen LogP) is 8.25. The first kappa shape index (κ1) is 36.9. The number of aromatic nitrogens is 2. The van der Waals surface area contributed by atoms with Crippen LogP contribution < -0.4 is 11.5 Å². The first-order chi connectivity index (χ1) is 16.8. The highest BCUT2D eigenvalue weighted by molar-refractivity contribution is 6.01. The number of halogens is 4. The van der Waals surface area contributed by atoms with Crippen molar-refractivity contribution in [3.8, 4) is 0 Å². The van der Waals surface area contributed by atoms with Crippen LogP contribution in [0.15, 0.2) is 41.7 Å². The number of nitrogens with one attached hydrogen (secondary N) is 1. The number of hydrogen-bond acceptors (Lipinski definition) is 4. The van der Waals surface area contributed by atoms with Crippen LogP contribution in [0.2, 0.25) is 0 Å². The van der Waals surface area contributed by atoms with Gasteiger partial charge in [0, 0.05) is 41.7 Å². The van der Waals surface area contributed by atoms with Crippen molar-refractivity contribution in [2.24, 2.45) is 27.3 Å². The maximum Gasteiger partial charge on any atom is 0.123 e. The lowest BCUT2D eigenvalue weighted by molar-refractivity contribution is 0.0988. The van der Waals surface area contributed by atoms with Gasteiger partial charge in [0.15, 0.2) is 0 Å². The maximum atomic E-state index is 6.49. The van der Waals surface area contributed by atoms with Crippen LogP contribution in [-0.2, 0) is 10.8 Å². The second kappa shape index (κ2) is 13.1. The molecule has 1 aromatic heterocycles. The standard InChI is InChI=1S/C31H45N5.4ClH/c1-28(2,3)25(32)23-17-21(18-34-23)20-7-9-22(10-8-20)30-11-14-31(15-12-30,16-13-30)24-19-35-27(36-24)26(33)29(4,5)6;;;;/h7-10,18-19,25-26H,11-17,32-33H2,1-6H3,(H,35,36);4*1H/t25-,26-,30?,31?;;;;/m1..../s1. The van der Waals surface area contributed by atoms with E-state index in [9.17, 15) is 0 Å². The van der Waals surface area contributed by atoms with E-state index in [1.165, 1.54) is 60.9 Å². The molecule has 3 fully saturated rings. The number of allylic oxidation sites excluding steroid dienone is 1. The largest absolute Gasteiger partial charge is 0.344 e. The highest BCUT2D eigenvalue weighted by atomic mass is 35.5. The van der Waals surface area contributed by atoms with E-state index >= 15 is 0 Å². The molecule has 0 unspecified atom stereocenters. The number of fused-ring (bicyclic) bond motifs is 3. The molecule has 0 amide bonds. The molecule has 0 radical (unpaired) electrons. The van der Waals surface area contributed by atoms with Crippen LogP contribution in [0.1, 0.15) is 115 Å². The number of nitrogens with two attached hydrogens (primary N) is 2. The Hall–Kier alpha value is -1.08. The normalized spacial score (nSPS) is 25.3. The number of aromatic amines is 1. The van der Waals surface area contributed by atoms with Gasteiger partial charge < -0.3 is 16.5 Å². The molecule has 2 aromatic rings. The average molecular weight is 634 g/mol. The van der Waals surface area contributed by atoms with Gasteiger partial charge >= 0.3 is 0 Å². The van der Waals surface area contributed by atoms with Gasteiger partial charge in [-0.1, -0.05) is 65.8 Å². The lowest BCUT2D eigenvalue weighted by atomic mass is 9.51. The molecule has 5 nitrogen and oxygen atoms in total. The fourth-order valence-corrected chi connectivity index (χ4v) is 6.55. The summed E-state index contributed by atoms with van der Waals surface area (Å²) in [5.74, 6) is 0.932. The zero-order chi connectivity index (χ0) is 25.9. The van der Waals surface area contributed by atoms with E-state index in [0.717, 1.165) is 18.0 Å². The van der Waals surface area contributed by atoms with Crippen molar-refractivity contribution in [2.45, 2.75) is 109 Å². The third-order valence-corrected chi connectivity index (χ3v) is 9.56. The van der Waals surface area contributed by atoms with Crippen LogP contribution in [0.3, 0.4) is 0 Å². The second-order valence-corrected chi connectivity index (χ2v) is 14.0. The first-order valence-corrected chi connectivity index (χ1v) is 13.8. The minimum Gasteiger partial charge on any atom is -0.344 e. The monoisotopic (exact) mass is 631 g/mol. The molecule has 1 aromatic carbocycles. The molecule has 0 saturated heterocycles. The molecule has 40 heavy (non-hydrogen) atoms. The van der Waals surface area contributed by atoms with Crippen molar-refractivity contribution in [3.05, 3.63) is 59.3 Å². The van der Waals surface area contributed by atoms with E-state index in [1.807, 2.05) is 6.20 Å². The number of H-pyrrole nitrogens is 1. The van der Waals surface area contributed by atoms with Crippen LogP contribution in [0.5, 0.6) is 0 Å². The second-order valence-electron chi connectivity index (χ2n) is 14.0. The highest BCUT2D eigenvalue weighted by Gasteiger charge is 2.51. The summed E-state index contributed by atoms with van der Waals surface area (Å²) in [5, 5.41) is 0. The summed E-state index contributed by atoms with van der Waals surface area (Å²) >= 11 is 0. The minimum atomic E-state index is -0.0758. The van der Waals surface area contributed by atoms with Gasteiger partial charge in [0.05, 0.1) is 6.04 Å². The maximum absolute atomic E-state index is 6.49. The highest BCUT2D eigenvalue weighted by Crippen LogP contribution is 2.58. The Kier molecular flexibility index (Phi) is 12.1. The Balaban J connectivity index is 0.00000200. The number of benzene rings is 1. The van der Waals surface area contributed by atoms with E-state index in [0.29, 0.717) is 5.41 Å². The molecule has 4 aliphatic rings. The molecule has 3 aliphatic carbocycles. The minimum absolute atomic E-state index is 0. The van der Waals surface area contributed by atoms with Crippen molar-refractivity contribution in [3.63, 3.8) is 0 Å². The molecule has 3 saturated carbocycles. The van der Waals surface area contributed by atoms with Gasteiger partial charge in [-0.25, -0.2) is 4.98 Å². The van der Waals surface area contributed by atoms with Crippen molar-refractivity contribution in [1.82, 2.24) is 9.97 Å². The number of aliphatic imine (C=N–C) groups is 1. The molecule has 226 valence electrons. The molecule has 1 aliphatic heterocycles. The zero-order valence-electron chi connectivity index (χ0n) is 24.8. The summed E-state index contributed by atoms with van der Waals surface area (Å²) < 4.78 is 0. The summed E-state index contributed by atoms with van der Waals surface area (Å²) in [6.45, 7) is 13.1. The first-order valence-electron chi connectivity index (χ1n) is 13.8. The number of nitrogens with zero attached hydrogens (tertiary/aromatic N) is 2. The van der Waals surface area contributed by atoms with E-state index < -0.39 is 0 Å². The van der Waals surface area contributed by atoms with Gasteiger partial charge in [-0.2, -0.15) is 0 Å². The van der Waals surface area contributed by atoms with Crippen molar-refractivity contribution >= 4 is 60.9 Å². The lowest BCUT2D eigenvalue weighted by Gasteiger charge is -2.53. The Morgan fingerprint density at radius 3 is 1.75 bits per heavy atom. The average Bonchev–Trinajstić information content (AvgIpc) is 3.54. The van der Waals surface area contributed by atoms with Gasteiger partial charge in [0.25, 0.3) is 0 Å². The van der Waals surface area contributed by atoms with E-state index in [4.69, 9.17) is 16.5 Å². The Morgan fingerprint density at radius 1 is 0.750 bits per heavy atom. The van der Waals surface area contributed by atoms with E-state index in [-0.39, 0.29) is 78.0 Å². The van der Waals surface area contributed by atoms with Crippen molar-refractivity contribution in [1.29, 1.82) is 0 Å². The summed E-state index contributed by atoms with van der Waals surface area (Å²) in [6, 6.07) is 9.29. The number of imidazole rings is 1. The van der Waals surface area contributed by atoms with Crippen LogP contribution in [0.4, 0.5) is 0 Å². The third kappa shape index (κ3) is 6.76. The molecular formula is C31H49Cl4N5. The Bertz CT molecular complexity index is 1160. The fraction of sp³-hybridized carbons (Fsp3) is 0.613. The SMILES string of the molecule is CC(C)(C)[C@H](N)C1=NC=C(c2ccc(C34CCC(c5cnc([C@@H](N)C(C)(C)C)[nH]5)(CC3)CC4)cc2)C1.Cl.Cl.Cl.Cl. The van der Waals surface area contributed by atoms with Gasteiger partial charge in [-0.3, -0.25) is 4.99 Å². The zero-order valence-corrected chi connectivity index (χ0v) is 28.0. The summed E-state index contributed by atoms with van der Waals surface area (Å²) in [4.78, 5) is 13.1. The van der Waals surface area contributed by atoms with Crippen molar-refractivity contribution in [2.75, 3.05) is 0 Å². The molecular weight excluding hydrogens is 584 g/mol. The Morgan fingerprint density at radius 2 is 1.25 bits per heavy atom. The molecule has 0 spiro atoms. The predicted molar refractivity (Wildman–Crippen MR) is 179 cm³/mol. The van der Waals surface area contributed by atoms with Crippen LogP contribution in [-0.4, -0.2) is 21.7 Å². The van der Waals surface area contributed by atoms with Crippen molar-refractivity contribution < 1.29 is 0 Å². The smallest absolute Gasteiger partial charge is 0.123 e. The van der Waals surface area contributed by atoms with Gasteiger partial charge in [-0.05, 0) is 71.5 Å². The lowest BCUT2D eigenvalue weighted by Crippen LogP contribution is -2.46. The fourth-order valence-electron chi connectivity index (χ4n) is 6.55. The van der Waals surface area contributed by atoms with Crippen LogP contribution in [0, 0.1) is 10.8 Å².